The fraction of sp³-hybridized carbons (Fsp3) is 0.500. The highest BCUT2D eigenvalue weighted by Crippen LogP contribution is 2.50. The molecule has 1 aliphatic rings. The van der Waals surface area contributed by atoms with Crippen molar-refractivity contribution in [2.75, 3.05) is 7.11 Å². The molecule has 0 saturated heterocycles. The third kappa shape index (κ3) is 1.78. The molecule has 0 radical (unpaired) electrons. The summed E-state index contributed by atoms with van der Waals surface area (Å²) < 4.78 is 31.7. The maximum atomic E-state index is 13.6. The predicted molar refractivity (Wildman–Crippen MR) is 55.6 cm³/mol. The van der Waals surface area contributed by atoms with Crippen molar-refractivity contribution in [3.05, 3.63) is 29.1 Å². The number of rotatable bonds is 3. The van der Waals surface area contributed by atoms with Gasteiger partial charge in [-0.25, -0.2) is 8.78 Å². The lowest BCUT2D eigenvalue weighted by molar-refractivity contribution is 0.146. The Balaban J connectivity index is 2.55. The van der Waals surface area contributed by atoms with Crippen LogP contribution >= 0.6 is 0 Å². The van der Waals surface area contributed by atoms with Gasteiger partial charge in [-0.2, -0.15) is 0 Å². The van der Waals surface area contributed by atoms with E-state index in [9.17, 15) is 13.9 Å². The second-order valence-corrected chi connectivity index (χ2v) is 4.23. The monoisotopic (exact) mass is 228 g/mol. The molecule has 1 unspecified atom stereocenters. The number of methoxy groups -OCH3 is 1. The zero-order valence-electron chi connectivity index (χ0n) is 9.26. The SMILES string of the molecule is COc1c(F)cc(C(C)F)cc1C1(O)CC1. The maximum absolute atomic E-state index is 13.6. The Hall–Kier alpha value is -1.16. The van der Waals surface area contributed by atoms with Crippen LogP contribution in [0.2, 0.25) is 0 Å². The first kappa shape index (κ1) is 11.3. The van der Waals surface area contributed by atoms with Crippen molar-refractivity contribution in [3.8, 4) is 5.75 Å². The lowest BCUT2D eigenvalue weighted by Gasteiger charge is -2.16. The number of benzene rings is 1. The van der Waals surface area contributed by atoms with Crippen molar-refractivity contribution in [2.24, 2.45) is 0 Å². The van der Waals surface area contributed by atoms with Crippen LogP contribution in [0.4, 0.5) is 8.78 Å². The number of hydrogen-bond acceptors (Lipinski definition) is 2. The van der Waals surface area contributed by atoms with Gasteiger partial charge in [0, 0.05) is 5.56 Å². The lowest BCUT2D eigenvalue weighted by Crippen LogP contribution is -2.09. The van der Waals surface area contributed by atoms with Gasteiger partial charge in [0.1, 0.15) is 6.17 Å². The van der Waals surface area contributed by atoms with Gasteiger partial charge in [-0.05, 0) is 37.5 Å². The van der Waals surface area contributed by atoms with E-state index in [1.165, 1.54) is 20.1 Å². The lowest BCUT2D eigenvalue weighted by atomic mass is 10.0. The highest BCUT2D eigenvalue weighted by Gasteiger charge is 2.45. The minimum absolute atomic E-state index is 0.0180. The Morgan fingerprint density at radius 1 is 1.44 bits per heavy atom. The zero-order valence-corrected chi connectivity index (χ0v) is 9.26. The van der Waals surface area contributed by atoms with E-state index in [0.717, 1.165) is 6.07 Å². The van der Waals surface area contributed by atoms with E-state index in [1.807, 2.05) is 0 Å². The summed E-state index contributed by atoms with van der Waals surface area (Å²) in [5.41, 5.74) is -0.444. The summed E-state index contributed by atoms with van der Waals surface area (Å²) in [6, 6.07) is 2.60. The van der Waals surface area contributed by atoms with Gasteiger partial charge in [-0.3, -0.25) is 0 Å². The summed E-state index contributed by atoms with van der Waals surface area (Å²) in [6.45, 7) is 1.34. The van der Waals surface area contributed by atoms with Crippen molar-refractivity contribution < 1.29 is 18.6 Å². The number of aliphatic hydroxyl groups is 1. The molecule has 1 aromatic carbocycles. The summed E-state index contributed by atoms with van der Waals surface area (Å²) in [6.07, 6.45) is -0.138. The largest absolute Gasteiger partial charge is 0.493 e. The van der Waals surface area contributed by atoms with Crippen LogP contribution in [0.1, 0.15) is 37.1 Å². The van der Waals surface area contributed by atoms with E-state index < -0.39 is 17.6 Å². The summed E-state index contributed by atoms with van der Waals surface area (Å²) >= 11 is 0. The van der Waals surface area contributed by atoms with E-state index in [-0.39, 0.29) is 11.3 Å². The Morgan fingerprint density at radius 3 is 2.50 bits per heavy atom. The zero-order chi connectivity index (χ0) is 11.9. The topological polar surface area (TPSA) is 29.5 Å². The van der Waals surface area contributed by atoms with Gasteiger partial charge in [0.2, 0.25) is 0 Å². The van der Waals surface area contributed by atoms with E-state index >= 15 is 0 Å². The van der Waals surface area contributed by atoms with Gasteiger partial charge >= 0.3 is 0 Å². The van der Waals surface area contributed by atoms with E-state index in [4.69, 9.17) is 4.74 Å². The van der Waals surface area contributed by atoms with Gasteiger partial charge in [-0.15, -0.1) is 0 Å². The van der Waals surface area contributed by atoms with Crippen LogP contribution in [0.3, 0.4) is 0 Å². The van der Waals surface area contributed by atoms with Crippen LogP contribution in [0.15, 0.2) is 12.1 Å². The molecule has 1 fully saturated rings. The van der Waals surface area contributed by atoms with Crippen LogP contribution in [-0.2, 0) is 5.60 Å². The van der Waals surface area contributed by atoms with Gasteiger partial charge in [0.25, 0.3) is 0 Å². The third-order valence-electron chi connectivity index (χ3n) is 2.95. The van der Waals surface area contributed by atoms with Crippen molar-refractivity contribution in [1.29, 1.82) is 0 Å². The molecule has 1 saturated carbocycles. The normalized spacial score (nSPS) is 19.3. The van der Waals surface area contributed by atoms with Crippen LogP contribution in [0.5, 0.6) is 5.75 Å². The average molecular weight is 228 g/mol. The Bertz CT molecular complexity index is 412. The predicted octanol–water partition coefficient (Wildman–Crippen LogP) is 2.85. The minimum Gasteiger partial charge on any atom is -0.493 e. The standard InChI is InChI=1S/C12H14F2O2/c1-7(13)8-5-9(12(15)3-4-12)11(16-2)10(14)6-8/h5-7,15H,3-4H2,1-2H3. The quantitative estimate of drug-likeness (QED) is 0.862. The fourth-order valence-corrected chi connectivity index (χ4v) is 1.78. The number of halogens is 2. The van der Waals surface area contributed by atoms with Crippen LogP contribution in [-0.4, -0.2) is 12.2 Å². The van der Waals surface area contributed by atoms with Crippen LogP contribution < -0.4 is 4.74 Å². The molecule has 0 aliphatic heterocycles. The van der Waals surface area contributed by atoms with Gasteiger partial charge in [-0.1, -0.05) is 0 Å². The second-order valence-electron chi connectivity index (χ2n) is 4.23. The van der Waals surface area contributed by atoms with Crippen LogP contribution in [0, 0.1) is 5.82 Å². The van der Waals surface area contributed by atoms with Crippen molar-refractivity contribution >= 4 is 0 Å². The van der Waals surface area contributed by atoms with Crippen LogP contribution in [0.25, 0.3) is 0 Å². The molecule has 0 bridgehead atoms. The first-order valence-electron chi connectivity index (χ1n) is 5.22. The average Bonchev–Trinajstić information content (AvgIpc) is 2.96. The highest BCUT2D eigenvalue weighted by atomic mass is 19.1. The molecule has 0 amide bonds. The molecule has 1 atom stereocenters. The molecule has 16 heavy (non-hydrogen) atoms. The molecule has 4 heteroatoms. The smallest absolute Gasteiger partial charge is 0.165 e. The molecule has 1 aromatic rings. The highest BCUT2D eigenvalue weighted by molar-refractivity contribution is 5.45. The van der Waals surface area contributed by atoms with E-state index in [0.29, 0.717) is 18.4 Å². The minimum atomic E-state index is -1.26. The summed E-state index contributed by atoms with van der Waals surface area (Å²) in [5.74, 6) is -0.607. The van der Waals surface area contributed by atoms with E-state index in [1.54, 1.807) is 0 Å². The molecular formula is C12H14F2O2. The molecule has 88 valence electrons. The Kier molecular flexibility index (Phi) is 2.62. The first-order chi connectivity index (χ1) is 7.48. The van der Waals surface area contributed by atoms with Gasteiger partial charge in [0.05, 0.1) is 12.7 Å². The van der Waals surface area contributed by atoms with Crippen molar-refractivity contribution in [1.82, 2.24) is 0 Å². The second kappa shape index (κ2) is 3.70. The molecular weight excluding hydrogens is 214 g/mol. The summed E-state index contributed by atoms with van der Waals surface area (Å²) in [7, 11) is 1.34. The number of ether oxygens (including phenoxy) is 1. The van der Waals surface area contributed by atoms with E-state index in [2.05, 4.69) is 0 Å². The van der Waals surface area contributed by atoms with Gasteiger partial charge in [0.15, 0.2) is 11.6 Å². The molecule has 0 heterocycles. The first-order valence-corrected chi connectivity index (χ1v) is 5.22. The molecule has 1 aliphatic carbocycles. The molecule has 2 rings (SSSR count). The summed E-state index contributed by atoms with van der Waals surface area (Å²) in [5, 5.41) is 9.97. The molecule has 0 spiro atoms. The number of hydrogen-bond donors (Lipinski definition) is 1. The molecule has 0 aromatic heterocycles. The third-order valence-corrected chi connectivity index (χ3v) is 2.95. The molecule has 2 nitrogen and oxygen atoms in total. The maximum Gasteiger partial charge on any atom is 0.165 e. The summed E-state index contributed by atoms with van der Waals surface area (Å²) in [4.78, 5) is 0. The van der Waals surface area contributed by atoms with Gasteiger partial charge < -0.3 is 9.84 Å². The Morgan fingerprint density at radius 2 is 2.06 bits per heavy atom. The van der Waals surface area contributed by atoms with Crippen molar-refractivity contribution in [2.45, 2.75) is 31.5 Å². The number of alkyl halides is 1. The Labute approximate surface area is 92.9 Å². The fourth-order valence-electron chi connectivity index (χ4n) is 1.78. The van der Waals surface area contributed by atoms with Crippen molar-refractivity contribution in [3.63, 3.8) is 0 Å². The molecule has 1 N–H and O–H groups in total.